The van der Waals surface area contributed by atoms with Crippen LogP contribution in [-0.4, -0.2) is 29.6 Å². The molecule has 2 N–H and O–H groups in total. The molecule has 1 saturated heterocycles. The van der Waals surface area contributed by atoms with Crippen LogP contribution in [0.2, 0.25) is 0 Å². The highest BCUT2D eigenvalue weighted by Crippen LogP contribution is 2.37. The summed E-state index contributed by atoms with van der Waals surface area (Å²) in [4.78, 5) is 2.81. The van der Waals surface area contributed by atoms with Crippen LogP contribution in [0.1, 0.15) is 58.8 Å². The first-order valence-corrected chi connectivity index (χ1v) is 7.10. The monoisotopic (exact) mass is 224 g/mol. The summed E-state index contributed by atoms with van der Waals surface area (Å²) in [5, 5.41) is 0. The van der Waals surface area contributed by atoms with Gasteiger partial charge in [-0.15, -0.1) is 0 Å². The molecule has 0 aromatic rings. The largest absolute Gasteiger partial charge is 0.330 e. The molecular weight excluding hydrogens is 196 g/mol. The molecule has 0 radical (unpaired) electrons. The van der Waals surface area contributed by atoms with Gasteiger partial charge in [0.25, 0.3) is 0 Å². The van der Waals surface area contributed by atoms with Crippen molar-refractivity contribution in [2.24, 2.45) is 11.7 Å². The van der Waals surface area contributed by atoms with Crippen molar-refractivity contribution in [3.8, 4) is 0 Å². The molecule has 1 atom stereocenters. The first kappa shape index (κ1) is 12.4. The lowest BCUT2D eigenvalue weighted by Gasteiger charge is -2.49. The highest BCUT2D eigenvalue weighted by Gasteiger charge is 2.38. The second kappa shape index (κ2) is 5.05. The van der Waals surface area contributed by atoms with Crippen molar-refractivity contribution in [1.82, 2.24) is 4.90 Å². The zero-order valence-electron chi connectivity index (χ0n) is 11.0. The van der Waals surface area contributed by atoms with Crippen molar-refractivity contribution in [2.45, 2.75) is 70.4 Å². The third-order valence-electron chi connectivity index (χ3n) is 4.74. The predicted molar refractivity (Wildman–Crippen MR) is 69.4 cm³/mol. The molecule has 0 amide bonds. The molecule has 0 aromatic carbocycles. The Morgan fingerprint density at radius 2 is 1.88 bits per heavy atom. The van der Waals surface area contributed by atoms with Crippen LogP contribution in [0.15, 0.2) is 0 Å². The Morgan fingerprint density at radius 3 is 2.50 bits per heavy atom. The van der Waals surface area contributed by atoms with E-state index in [4.69, 9.17) is 5.73 Å². The summed E-state index contributed by atoms with van der Waals surface area (Å²) in [6.45, 7) is 7.03. The SMILES string of the molecule is CC1(C)CCC(CCN)CN1C1CCCC1. The Hall–Kier alpha value is -0.0800. The molecule has 1 heterocycles. The lowest BCUT2D eigenvalue weighted by atomic mass is 9.82. The summed E-state index contributed by atoms with van der Waals surface area (Å²) < 4.78 is 0. The minimum Gasteiger partial charge on any atom is -0.330 e. The molecule has 1 saturated carbocycles. The number of rotatable bonds is 3. The fraction of sp³-hybridized carbons (Fsp3) is 1.00. The van der Waals surface area contributed by atoms with Crippen LogP contribution >= 0.6 is 0 Å². The molecule has 94 valence electrons. The topological polar surface area (TPSA) is 29.3 Å². The fourth-order valence-corrected chi connectivity index (χ4v) is 3.65. The zero-order valence-corrected chi connectivity index (χ0v) is 11.0. The third-order valence-corrected chi connectivity index (χ3v) is 4.74. The second-order valence-corrected chi connectivity index (χ2v) is 6.39. The van der Waals surface area contributed by atoms with Crippen LogP contribution in [0, 0.1) is 5.92 Å². The number of hydrogen-bond acceptors (Lipinski definition) is 2. The second-order valence-electron chi connectivity index (χ2n) is 6.39. The van der Waals surface area contributed by atoms with Gasteiger partial charge in [-0.3, -0.25) is 4.90 Å². The Kier molecular flexibility index (Phi) is 3.91. The van der Waals surface area contributed by atoms with Crippen molar-refractivity contribution in [3.63, 3.8) is 0 Å². The van der Waals surface area contributed by atoms with Crippen LogP contribution in [0.5, 0.6) is 0 Å². The number of likely N-dealkylation sites (tertiary alicyclic amines) is 1. The van der Waals surface area contributed by atoms with Gasteiger partial charge in [0.15, 0.2) is 0 Å². The predicted octanol–water partition coefficient (Wildman–Crippen LogP) is 2.77. The van der Waals surface area contributed by atoms with Crippen LogP contribution in [-0.2, 0) is 0 Å². The smallest absolute Gasteiger partial charge is 0.0156 e. The van der Waals surface area contributed by atoms with Gasteiger partial charge in [0.2, 0.25) is 0 Å². The van der Waals surface area contributed by atoms with Gasteiger partial charge in [-0.1, -0.05) is 12.8 Å². The maximum atomic E-state index is 5.71. The summed E-state index contributed by atoms with van der Waals surface area (Å²) in [5.41, 5.74) is 6.14. The molecule has 0 bridgehead atoms. The molecule has 2 fully saturated rings. The van der Waals surface area contributed by atoms with E-state index in [1.807, 2.05) is 0 Å². The van der Waals surface area contributed by atoms with Gasteiger partial charge in [0.1, 0.15) is 0 Å². The van der Waals surface area contributed by atoms with Crippen molar-refractivity contribution in [1.29, 1.82) is 0 Å². The van der Waals surface area contributed by atoms with E-state index < -0.39 is 0 Å². The van der Waals surface area contributed by atoms with Crippen molar-refractivity contribution >= 4 is 0 Å². The van der Waals surface area contributed by atoms with E-state index in [-0.39, 0.29) is 0 Å². The van der Waals surface area contributed by atoms with Crippen LogP contribution in [0.25, 0.3) is 0 Å². The van der Waals surface area contributed by atoms with Gasteiger partial charge in [0, 0.05) is 18.1 Å². The van der Waals surface area contributed by atoms with Gasteiger partial charge in [-0.25, -0.2) is 0 Å². The first-order valence-electron chi connectivity index (χ1n) is 7.10. The molecular formula is C14H28N2. The normalized spacial score (nSPS) is 32.1. The first-order chi connectivity index (χ1) is 7.63. The maximum Gasteiger partial charge on any atom is 0.0156 e. The summed E-state index contributed by atoms with van der Waals surface area (Å²) in [5.74, 6) is 0.860. The van der Waals surface area contributed by atoms with E-state index in [0.29, 0.717) is 5.54 Å². The van der Waals surface area contributed by atoms with Crippen molar-refractivity contribution in [2.75, 3.05) is 13.1 Å². The molecule has 2 rings (SSSR count). The zero-order chi connectivity index (χ0) is 11.6. The van der Waals surface area contributed by atoms with Gasteiger partial charge < -0.3 is 5.73 Å². The molecule has 2 nitrogen and oxygen atoms in total. The number of hydrogen-bond donors (Lipinski definition) is 1. The van der Waals surface area contributed by atoms with Gasteiger partial charge in [-0.2, -0.15) is 0 Å². The average Bonchev–Trinajstić information content (AvgIpc) is 2.74. The van der Waals surface area contributed by atoms with Gasteiger partial charge >= 0.3 is 0 Å². The Labute approximate surface area is 101 Å². The van der Waals surface area contributed by atoms with E-state index in [9.17, 15) is 0 Å². The van der Waals surface area contributed by atoms with Crippen LogP contribution < -0.4 is 5.73 Å². The summed E-state index contributed by atoms with van der Waals surface area (Å²) in [7, 11) is 0. The maximum absolute atomic E-state index is 5.71. The van der Waals surface area contributed by atoms with Gasteiger partial charge in [0.05, 0.1) is 0 Å². The molecule has 0 spiro atoms. The quantitative estimate of drug-likeness (QED) is 0.798. The molecule has 2 aliphatic rings. The minimum atomic E-state index is 0.431. The summed E-state index contributed by atoms with van der Waals surface area (Å²) in [6.07, 6.45) is 9.70. The molecule has 1 unspecified atom stereocenters. The van der Waals surface area contributed by atoms with E-state index in [0.717, 1.165) is 18.5 Å². The van der Waals surface area contributed by atoms with E-state index in [1.54, 1.807) is 0 Å². The Morgan fingerprint density at radius 1 is 1.19 bits per heavy atom. The summed E-state index contributed by atoms with van der Waals surface area (Å²) in [6, 6.07) is 0.871. The van der Waals surface area contributed by atoms with E-state index in [2.05, 4.69) is 18.7 Å². The molecule has 2 heteroatoms. The highest BCUT2D eigenvalue weighted by molar-refractivity contribution is 4.94. The minimum absolute atomic E-state index is 0.431. The third kappa shape index (κ3) is 2.60. The number of nitrogens with zero attached hydrogens (tertiary/aromatic N) is 1. The van der Waals surface area contributed by atoms with Gasteiger partial charge in [-0.05, 0) is 58.4 Å². The number of nitrogens with two attached hydrogens (primary N) is 1. The van der Waals surface area contributed by atoms with E-state index in [1.165, 1.54) is 51.5 Å². The molecule has 1 aliphatic carbocycles. The highest BCUT2D eigenvalue weighted by atomic mass is 15.2. The standard InChI is InChI=1S/C14H28N2/c1-14(2)9-7-12(8-10-15)11-16(14)13-5-3-4-6-13/h12-13H,3-11,15H2,1-2H3. The molecule has 0 aromatic heterocycles. The molecule has 16 heavy (non-hydrogen) atoms. The Balaban J connectivity index is 1.99. The van der Waals surface area contributed by atoms with E-state index >= 15 is 0 Å². The fourth-order valence-electron chi connectivity index (χ4n) is 3.65. The number of piperidine rings is 1. The Bertz CT molecular complexity index is 219. The lowest BCUT2D eigenvalue weighted by Crippen LogP contribution is -2.54. The lowest BCUT2D eigenvalue weighted by molar-refractivity contribution is 0.00742. The van der Waals surface area contributed by atoms with Crippen LogP contribution in [0.3, 0.4) is 0 Å². The average molecular weight is 224 g/mol. The van der Waals surface area contributed by atoms with Crippen LogP contribution in [0.4, 0.5) is 0 Å². The molecule has 1 aliphatic heterocycles. The van der Waals surface area contributed by atoms with Crippen molar-refractivity contribution < 1.29 is 0 Å². The van der Waals surface area contributed by atoms with Crippen molar-refractivity contribution in [3.05, 3.63) is 0 Å². The summed E-state index contributed by atoms with van der Waals surface area (Å²) >= 11 is 0.